The van der Waals surface area contributed by atoms with Crippen molar-refractivity contribution >= 4 is 17.5 Å². The molecule has 0 aromatic heterocycles. The van der Waals surface area contributed by atoms with Crippen molar-refractivity contribution in [2.45, 2.75) is 33.2 Å². The van der Waals surface area contributed by atoms with Crippen LogP contribution in [0.5, 0.6) is 11.5 Å². The fourth-order valence-corrected chi connectivity index (χ4v) is 1.83. The lowest BCUT2D eigenvalue weighted by Gasteiger charge is -2.09. The van der Waals surface area contributed by atoms with Crippen LogP contribution in [-0.4, -0.2) is 37.8 Å². The average molecular weight is 321 g/mol. The minimum Gasteiger partial charge on any atom is -0.493 e. The van der Waals surface area contributed by atoms with Crippen LogP contribution in [0.1, 0.15) is 37.6 Å². The Morgan fingerprint density at radius 1 is 1.17 bits per heavy atom. The molecule has 7 nitrogen and oxygen atoms in total. The van der Waals surface area contributed by atoms with Gasteiger partial charge in [0.15, 0.2) is 11.5 Å². The van der Waals surface area contributed by atoms with Gasteiger partial charge in [-0.05, 0) is 39.0 Å². The molecule has 126 valence electrons. The molecule has 23 heavy (non-hydrogen) atoms. The van der Waals surface area contributed by atoms with E-state index in [-0.39, 0.29) is 18.4 Å². The number of methoxy groups -OCH3 is 2. The van der Waals surface area contributed by atoms with E-state index in [0.29, 0.717) is 22.8 Å². The molecule has 0 fully saturated rings. The molecular weight excluding hydrogens is 298 g/mol. The fraction of sp³-hybridized carbons (Fsp3) is 0.438. The standard InChI is InChI=1S/C16H23N3O4/c1-10(2)17-15(20)8-11(3)18-19-16(21)12-6-7-13(22-4)14(9-12)23-5/h6-7,9-10H,8H2,1-5H3,(H,17,20)(H,19,21). The molecule has 1 aromatic rings. The van der Waals surface area contributed by atoms with Crippen molar-refractivity contribution < 1.29 is 19.1 Å². The van der Waals surface area contributed by atoms with Gasteiger partial charge in [-0.15, -0.1) is 0 Å². The highest BCUT2D eigenvalue weighted by atomic mass is 16.5. The summed E-state index contributed by atoms with van der Waals surface area (Å²) >= 11 is 0. The first-order valence-electron chi connectivity index (χ1n) is 7.22. The molecular formula is C16H23N3O4. The molecule has 2 amide bonds. The van der Waals surface area contributed by atoms with Gasteiger partial charge in [0, 0.05) is 17.3 Å². The van der Waals surface area contributed by atoms with Crippen molar-refractivity contribution in [1.82, 2.24) is 10.7 Å². The largest absolute Gasteiger partial charge is 0.493 e. The normalized spacial score (nSPS) is 11.1. The molecule has 0 radical (unpaired) electrons. The highest BCUT2D eigenvalue weighted by molar-refractivity contribution is 6.01. The Balaban J connectivity index is 2.69. The highest BCUT2D eigenvalue weighted by Crippen LogP contribution is 2.27. The summed E-state index contributed by atoms with van der Waals surface area (Å²) in [6.07, 6.45) is 0.129. The van der Waals surface area contributed by atoms with Crippen molar-refractivity contribution in [2.24, 2.45) is 5.10 Å². The number of carbonyl (C=O) groups excluding carboxylic acids is 2. The molecule has 2 N–H and O–H groups in total. The topological polar surface area (TPSA) is 89.0 Å². The summed E-state index contributed by atoms with van der Waals surface area (Å²) in [6, 6.07) is 4.87. The van der Waals surface area contributed by atoms with Crippen LogP contribution in [0.15, 0.2) is 23.3 Å². The van der Waals surface area contributed by atoms with Crippen molar-refractivity contribution in [3.05, 3.63) is 23.8 Å². The summed E-state index contributed by atoms with van der Waals surface area (Å²) in [5.74, 6) is 0.461. The van der Waals surface area contributed by atoms with Gasteiger partial charge in [-0.25, -0.2) is 5.43 Å². The van der Waals surface area contributed by atoms with E-state index in [2.05, 4.69) is 15.8 Å². The lowest BCUT2D eigenvalue weighted by molar-refractivity contribution is -0.120. The van der Waals surface area contributed by atoms with Crippen molar-refractivity contribution in [1.29, 1.82) is 0 Å². The monoisotopic (exact) mass is 321 g/mol. The molecule has 0 aliphatic carbocycles. The molecule has 1 rings (SSSR count). The van der Waals surface area contributed by atoms with Gasteiger partial charge in [-0.1, -0.05) is 0 Å². The third kappa shape index (κ3) is 5.98. The van der Waals surface area contributed by atoms with Gasteiger partial charge in [0.25, 0.3) is 5.91 Å². The molecule has 0 aliphatic heterocycles. The summed E-state index contributed by atoms with van der Waals surface area (Å²) < 4.78 is 10.3. The summed E-state index contributed by atoms with van der Waals surface area (Å²) in [5.41, 5.74) is 3.31. The predicted molar refractivity (Wildman–Crippen MR) is 88.0 cm³/mol. The van der Waals surface area contributed by atoms with Crippen molar-refractivity contribution in [3.63, 3.8) is 0 Å². The quantitative estimate of drug-likeness (QED) is 0.591. The smallest absolute Gasteiger partial charge is 0.271 e. The molecule has 0 heterocycles. The second kappa shape index (κ2) is 8.77. The van der Waals surface area contributed by atoms with Crippen LogP contribution in [0.4, 0.5) is 0 Å². The van der Waals surface area contributed by atoms with E-state index in [1.807, 2.05) is 13.8 Å². The lowest BCUT2D eigenvalue weighted by atomic mass is 10.2. The SMILES string of the molecule is COc1ccc(C(=O)NN=C(C)CC(=O)NC(C)C)cc1OC. The number of carbonyl (C=O) groups is 2. The zero-order chi connectivity index (χ0) is 17.4. The van der Waals surface area contributed by atoms with Gasteiger partial charge in [0.2, 0.25) is 5.91 Å². The second-order valence-electron chi connectivity index (χ2n) is 5.26. The minimum atomic E-state index is -0.394. The molecule has 0 saturated heterocycles. The number of rotatable bonds is 7. The van der Waals surface area contributed by atoms with Crippen LogP contribution in [0.2, 0.25) is 0 Å². The van der Waals surface area contributed by atoms with E-state index >= 15 is 0 Å². The van der Waals surface area contributed by atoms with E-state index in [0.717, 1.165) is 0 Å². The van der Waals surface area contributed by atoms with Gasteiger partial charge in [0.1, 0.15) is 0 Å². The Hall–Kier alpha value is -2.57. The number of ether oxygens (including phenoxy) is 2. The third-order valence-corrected chi connectivity index (χ3v) is 2.86. The summed E-state index contributed by atoms with van der Waals surface area (Å²) in [5, 5.41) is 6.69. The van der Waals surface area contributed by atoms with Crippen LogP contribution in [0, 0.1) is 0 Å². The summed E-state index contributed by atoms with van der Waals surface area (Å²) in [6.45, 7) is 5.43. The Morgan fingerprint density at radius 2 is 1.83 bits per heavy atom. The second-order valence-corrected chi connectivity index (χ2v) is 5.26. The molecule has 7 heteroatoms. The van der Waals surface area contributed by atoms with E-state index in [1.54, 1.807) is 25.1 Å². The van der Waals surface area contributed by atoms with Crippen molar-refractivity contribution in [2.75, 3.05) is 14.2 Å². The number of amides is 2. The van der Waals surface area contributed by atoms with Crippen LogP contribution < -0.4 is 20.2 Å². The molecule has 0 atom stereocenters. The first-order chi connectivity index (χ1) is 10.9. The maximum absolute atomic E-state index is 12.1. The number of hydrazone groups is 1. The highest BCUT2D eigenvalue weighted by Gasteiger charge is 2.11. The van der Waals surface area contributed by atoms with E-state index in [9.17, 15) is 9.59 Å². The Kier molecular flexibility index (Phi) is 7.05. The van der Waals surface area contributed by atoms with Crippen LogP contribution >= 0.6 is 0 Å². The van der Waals surface area contributed by atoms with E-state index in [4.69, 9.17) is 9.47 Å². The average Bonchev–Trinajstić information content (AvgIpc) is 2.50. The predicted octanol–water partition coefficient (Wildman–Crippen LogP) is 1.72. The van der Waals surface area contributed by atoms with Crippen LogP contribution in [0.3, 0.4) is 0 Å². The van der Waals surface area contributed by atoms with Gasteiger partial charge in [-0.3, -0.25) is 9.59 Å². The fourth-order valence-electron chi connectivity index (χ4n) is 1.83. The molecule has 0 spiro atoms. The lowest BCUT2D eigenvalue weighted by Crippen LogP contribution is -2.31. The number of hydrogen-bond acceptors (Lipinski definition) is 5. The van der Waals surface area contributed by atoms with Crippen molar-refractivity contribution in [3.8, 4) is 11.5 Å². The number of benzene rings is 1. The van der Waals surface area contributed by atoms with Crippen LogP contribution in [0.25, 0.3) is 0 Å². The number of hydrogen-bond donors (Lipinski definition) is 2. The van der Waals surface area contributed by atoms with Gasteiger partial charge >= 0.3 is 0 Å². The summed E-state index contributed by atoms with van der Waals surface area (Å²) in [4.78, 5) is 23.7. The maximum Gasteiger partial charge on any atom is 0.271 e. The van der Waals surface area contributed by atoms with Crippen LogP contribution in [-0.2, 0) is 4.79 Å². The Morgan fingerprint density at radius 3 is 2.39 bits per heavy atom. The molecule has 0 unspecified atom stereocenters. The summed E-state index contributed by atoms with van der Waals surface area (Å²) in [7, 11) is 3.02. The molecule has 1 aromatic carbocycles. The first-order valence-corrected chi connectivity index (χ1v) is 7.22. The van der Waals surface area contributed by atoms with Gasteiger partial charge in [-0.2, -0.15) is 5.10 Å². The number of nitrogens with zero attached hydrogens (tertiary/aromatic N) is 1. The van der Waals surface area contributed by atoms with E-state index < -0.39 is 5.91 Å². The number of nitrogens with one attached hydrogen (secondary N) is 2. The minimum absolute atomic E-state index is 0.0663. The first kappa shape index (κ1) is 18.5. The maximum atomic E-state index is 12.1. The zero-order valence-corrected chi connectivity index (χ0v) is 14.1. The molecule has 0 aliphatic rings. The van der Waals surface area contributed by atoms with Gasteiger partial charge < -0.3 is 14.8 Å². The van der Waals surface area contributed by atoms with E-state index in [1.165, 1.54) is 14.2 Å². The third-order valence-electron chi connectivity index (χ3n) is 2.86. The Bertz CT molecular complexity index is 597. The molecule has 0 bridgehead atoms. The zero-order valence-electron chi connectivity index (χ0n) is 14.1. The molecule has 0 saturated carbocycles. The Labute approximate surface area is 136 Å². The van der Waals surface area contributed by atoms with Gasteiger partial charge in [0.05, 0.1) is 20.6 Å².